The highest BCUT2D eigenvalue weighted by Crippen LogP contribution is 2.56. The molecule has 5 fully saturated rings. The molecular weight excluding hydrogens is 1110 g/mol. The average Bonchev–Trinajstić information content (AvgIpc) is 1.61. The predicted molar refractivity (Wildman–Crippen MR) is 342 cm³/mol. The van der Waals surface area contributed by atoms with Crippen molar-refractivity contribution in [2.45, 2.75) is 64.3 Å². The molecule has 7 aromatic rings. The van der Waals surface area contributed by atoms with Crippen LogP contribution in [0.3, 0.4) is 0 Å². The average molecular weight is 1190 g/mol. The van der Waals surface area contributed by atoms with Crippen molar-refractivity contribution in [2.24, 2.45) is 74.5 Å². The number of aromatic hydroxyl groups is 1. The number of para-hydroxylation sites is 3. The van der Waals surface area contributed by atoms with Gasteiger partial charge in [-0.05, 0) is 135 Å². The minimum absolute atomic E-state index is 0.0321. The zero-order valence-corrected chi connectivity index (χ0v) is 50.6. The van der Waals surface area contributed by atoms with E-state index in [1.165, 1.54) is 79.5 Å². The summed E-state index contributed by atoms with van der Waals surface area (Å²) in [5.41, 5.74) is 7.74. The zero-order chi connectivity index (χ0) is 61.2. The number of rotatable bonds is 9. The number of urea groups is 1. The lowest BCUT2D eigenvalue weighted by Crippen LogP contribution is -2.43. The molecule has 4 heterocycles. The van der Waals surface area contributed by atoms with Crippen molar-refractivity contribution in [1.82, 2.24) is 35.1 Å². The third-order valence-corrected chi connectivity index (χ3v) is 18.8. The second-order valence-electron chi connectivity index (χ2n) is 24.6. The number of carbonyl (C=O) groups excluding carboxylic acids is 3. The van der Waals surface area contributed by atoms with E-state index in [1.54, 1.807) is 89.2 Å². The molecule has 0 saturated heterocycles. The summed E-state index contributed by atoms with van der Waals surface area (Å²) >= 11 is 0. The van der Waals surface area contributed by atoms with E-state index in [0.29, 0.717) is 70.9 Å². The fourth-order valence-electron chi connectivity index (χ4n) is 14.7. The van der Waals surface area contributed by atoms with E-state index < -0.39 is 6.09 Å². The predicted octanol–water partition coefficient (Wildman–Crippen LogP) is 13.2. The molecule has 3 aliphatic heterocycles. The van der Waals surface area contributed by atoms with Crippen molar-refractivity contribution in [3.8, 4) is 28.6 Å². The van der Waals surface area contributed by atoms with E-state index in [2.05, 4.69) is 91.3 Å². The third-order valence-electron chi connectivity index (χ3n) is 18.8. The first-order chi connectivity index (χ1) is 43.5. The van der Waals surface area contributed by atoms with Crippen LogP contribution < -0.4 is 9.47 Å². The molecule has 17 heteroatoms. The number of phenolic OH excluding ortho intramolecular Hbond substituents is 1. The molecule has 10 atom stereocenters. The third kappa shape index (κ3) is 13.9. The number of ether oxygens (including phenoxy) is 2. The van der Waals surface area contributed by atoms with Crippen molar-refractivity contribution in [3.05, 3.63) is 211 Å². The number of benzene rings is 6. The number of nitrogens with zero attached hydrogens (tertiary/aromatic N) is 11. The number of hydrazone groups is 1. The summed E-state index contributed by atoms with van der Waals surface area (Å²) in [5.74, 6) is 8.79. The van der Waals surface area contributed by atoms with Crippen molar-refractivity contribution in [3.63, 3.8) is 0 Å². The van der Waals surface area contributed by atoms with Crippen LogP contribution >= 0.6 is 0 Å². The Morgan fingerprint density at radius 3 is 1.43 bits per heavy atom. The molecule has 17 nitrogen and oxygen atoms in total. The Kier molecular flexibility index (Phi) is 18.6. The SMILES string of the molecule is C1=CC2CCC1C2.CN(CC1=NN=C(c2ccccc2)C2C3CCC(C3)C12)C(=O)Oc1ccccc1.CN(Cc1nnc(-c2ccccc2)nn1)C(=O)Oc1ccccc1.CN1CC2=[N+](N=C(c3ccccc3)C3C4CCC(C4)C23)C1=O.Oc1ccccc1. The standard InChI is InChI=1S/C24H25N3O2.C18H20N3O.C17H15N5O2.C7H10.C6H6O/c1-27(24(28)29-19-10-6-3-7-11-19)15-20-21-17-12-13-18(14-17)22(21)23(26-25-20)16-8-4-2-5-9-16;1-20-10-14-15-12-7-8-13(9-12)16(15)17(19-21(14)18(20)22)11-5-3-2-4-6-11;1-22(17(23)24-14-10-6-3-7-11-14)12-15-18-20-16(21-19-15)13-8-4-2-5-9-13;1-2-7-4-3-6(1)5-7;7-6-4-2-1-3-5-6/h2-11,17-18,21-22H,12-15H2,1H3;2-6,12-13,15-16H,7-10H2,1H3;2-11H,12H2,1H3;1-2,6-7H,3-5H2;1-5,7H/q;+1;;;. The van der Waals surface area contributed by atoms with E-state index in [1.807, 2.05) is 79.8 Å². The zero-order valence-electron chi connectivity index (χ0n) is 50.6. The molecule has 454 valence electrons. The molecule has 16 rings (SSSR count). The Labute approximate surface area is 520 Å². The highest BCUT2D eigenvalue weighted by molar-refractivity contribution is 6.09. The summed E-state index contributed by atoms with van der Waals surface area (Å²) in [6.45, 7) is 1.37. The Morgan fingerprint density at radius 2 is 0.955 bits per heavy atom. The first-order valence-electron chi connectivity index (χ1n) is 31.3. The van der Waals surface area contributed by atoms with E-state index in [0.717, 1.165) is 52.9 Å². The van der Waals surface area contributed by atoms with Crippen molar-refractivity contribution < 1.29 is 33.6 Å². The highest BCUT2D eigenvalue weighted by atomic mass is 16.6. The minimum atomic E-state index is -0.503. The Bertz CT molecular complexity index is 3710. The first kappa shape index (κ1) is 59.8. The van der Waals surface area contributed by atoms with Gasteiger partial charge in [-0.1, -0.05) is 168 Å². The molecule has 4 amide bonds. The molecule has 1 aromatic heterocycles. The van der Waals surface area contributed by atoms with Crippen LogP contribution in [0.4, 0.5) is 14.4 Å². The maximum absolute atomic E-state index is 12.5. The lowest BCUT2D eigenvalue weighted by atomic mass is 9.72. The van der Waals surface area contributed by atoms with Gasteiger partial charge in [0.2, 0.25) is 5.82 Å². The second-order valence-corrected chi connectivity index (χ2v) is 24.6. The largest absolute Gasteiger partial charge is 0.519 e. The quantitative estimate of drug-likeness (QED) is 0.107. The van der Waals surface area contributed by atoms with Crippen LogP contribution in [0.25, 0.3) is 11.4 Å². The van der Waals surface area contributed by atoms with Crippen LogP contribution in [0, 0.1) is 59.2 Å². The number of aromatic nitrogens is 4. The molecule has 6 aromatic carbocycles. The Morgan fingerprint density at radius 1 is 0.517 bits per heavy atom. The molecule has 10 unspecified atom stereocenters. The fourth-order valence-corrected chi connectivity index (χ4v) is 14.7. The topological polar surface area (TPSA) is 191 Å². The van der Waals surface area contributed by atoms with Crippen molar-refractivity contribution in [2.75, 3.05) is 34.2 Å². The van der Waals surface area contributed by atoms with Gasteiger partial charge in [-0.25, -0.2) is 14.5 Å². The maximum atomic E-state index is 12.5. The van der Waals surface area contributed by atoms with Gasteiger partial charge >= 0.3 is 18.2 Å². The summed E-state index contributed by atoms with van der Waals surface area (Å²) in [5, 5.41) is 38.9. The van der Waals surface area contributed by atoms with Gasteiger partial charge in [0.15, 0.2) is 11.5 Å². The summed E-state index contributed by atoms with van der Waals surface area (Å²) in [6, 6.07) is 57.1. The van der Waals surface area contributed by atoms with Crippen LogP contribution in [0.15, 0.2) is 209 Å². The number of phenols is 1. The Balaban J connectivity index is 0.000000117. The van der Waals surface area contributed by atoms with Gasteiger partial charge in [0.25, 0.3) is 0 Å². The normalized spacial score (nSPS) is 24.7. The monoisotopic (exact) mass is 1190 g/mol. The molecule has 1 N–H and O–H groups in total. The minimum Gasteiger partial charge on any atom is -0.508 e. The van der Waals surface area contributed by atoms with Crippen LogP contribution in [-0.2, 0) is 6.54 Å². The lowest BCUT2D eigenvalue weighted by Gasteiger charge is -2.36. The van der Waals surface area contributed by atoms with Gasteiger partial charge < -0.3 is 24.4 Å². The second kappa shape index (κ2) is 27.7. The molecule has 89 heavy (non-hydrogen) atoms. The number of hydrogen-bond donors (Lipinski definition) is 1. The smallest absolute Gasteiger partial charge is 0.508 e. The van der Waals surface area contributed by atoms with Gasteiger partial charge in [-0.2, -0.15) is 15.0 Å². The van der Waals surface area contributed by atoms with Crippen molar-refractivity contribution in [1.29, 1.82) is 0 Å². The number of hydrogen-bond acceptors (Lipinski definition) is 13. The lowest BCUT2D eigenvalue weighted by molar-refractivity contribution is -0.437. The van der Waals surface area contributed by atoms with E-state index in [4.69, 9.17) is 19.7 Å². The maximum Gasteiger partial charge on any atom is 0.519 e. The molecule has 0 spiro atoms. The summed E-state index contributed by atoms with van der Waals surface area (Å²) in [4.78, 5) is 41.7. The van der Waals surface area contributed by atoms with Crippen LogP contribution in [0.5, 0.6) is 17.2 Å². The van der Waals surface area contributed by atoms with E-state index >= 15 is 0 Å². The first-order valence-corrected chi connectivity index (χ1v) is 31.3. The fraction of sp³-hybridized carbons (Fsp3) is 0.347. The number of allylic oxidation sites excluding steroid dienone is 2. The van der Waals surface area contributed by atoms with Crippen LogP contribution in [0.1, 0.15) is 74.7 Å². The van der Waals surface area contributed by atoms with Gasteiger partial charge in [-0.3, -0.25) is 0 Å². The van der Waals surface area contributed by atoms with E-state index in [-0.39, 0.29) is 18.7 Å². The molecule has 0 radical (unpaired) electrons. The summed E-state index contributed by atoms with van der Waals surface area (Å²) < 4.78 is 12.4. The number of amides is 4. The summed E-state index contributed by atoms with van der Waals surface area (Å²) in [7, 11) is 5.25. The van der Waals surface area contributed by atoms with Gasteiger partial charge in [0.05, 0.1) is 37.3 Å². The van der Waals surface area contributed by atoms with Gasteiger partial charge in [0, 0.05) is 48.9 Å². The number of carbonyl (C=O) groups is 3. The van der Waals surface area contributed by atoms with Crippen LogP contribution in [-0.4, -0.2) is 120 Å². The van der Waals surface area contributed by atoms with Crippen LogP contribution in [0.2, 0.25) is 0 Å². The van der Waals surface area contributed by atoms with E-state index in [9.17, 15) is 14.4 Å². The number of fused-ring (bicyclic) bond motifs is 13. The molecule has 6 aliphatic carbocycles. The molecule has 9 aliphatic rings. The summed E-state index contributed by atoms with van der Waals surface area (Å²) in [6.07, 6.45) is 16.1. The Hall–Kier alpha value is -9.51. The molecular formula is C72H76N11O6+. The van der Waals surface area contributed by atoms with Gasteiger partial charge in [0.1, 0.15) is 23.8 Å². The molecule has 6 bridgehead atoms. The molecule has 5 saturated carbocycles. The van der Waals surface area contributed by atoms with Gasteiger partial charge in [-0.15, -0.1) is 20.4 Å². The highest BCUT2D eigenvalue weighted by Gasteiger charge is 2.59. The van der Waals surface area contributed by atoms with Crippen molar-refractivity contribution >= 4 is 41.1 Å².